The highest BCUT2D eigenvalue weighted by Crippen LogP contribution is 2.20. The molecule has 0 saturated heterocycles. The molecule has 0 unspecified atom stereocenters. The van der Waals surface area contributed by atoms with E-state index < -0.39 is 5.82 Å². The zero-order valence-electron chi connectivity index (χ0n) is 11.8. The van der Waals surface area contributed by atoms with E-state index in [0.29, 0.717) is 11.5 Å². The van der Waals surface area contributed by atoms with E-state index in [9.17, 15) is 9.18 Å². The van der Waals surface area contributed by atoms with Gasteiger partial charge in [0.15, 0.2) is 5.82 Å². The SMILES string of the molecule is Cn1cnnc1-c1cccc(NC(=O)c2cccc(F)c2)c1. The van der Waals surface area contributed by atoms with Crippen LogP contribution in [0.4, 0.5) is 10.1 Å². The lowest BCUT2D eigenvalue weighted by Gasteiger charge is -2.07. The fourth-order valence-corrected chi connectivity index (χ4v) is 2.11. The summed E-state index contributed by atoms with van der Waals surface area (Å²) in [5.41, 5.74) is 1.70. The fourth-order valence-electron chi connectivity index (χ4n) is 2.11. The number of hydrogen-bond acceptors (Lipinski definition) is 3. The summed E-state index contributed by atoms with van der Waals surface area (Å²) in [4.78, 5) is 12.1. The maximum Gasteiger partial charge on any atom is 0.255 e. The molecule has 0 bridgehead atoms. The van der Waals surface area contributed by atoms with Crippen molar-refractivity contribution in [2.75, 3.05) is 5.32 Å². The van der Waals surface area contributed by atoms with Crippen molar-refractivity contribution in [1.82, 2.24) is 14.8 Å². The molecule has 22 heavy (non-hydrogen) atoms. The average molecular weight is 296 g/mol. The molecule has 3 aromatic rings. The Balaban J connectivity index is 1.84. The van der Waals surface area contributed by atoms with Crippen molar-refractivity contribution < 1.29 is 9.18 Å². The monoisotopic (exact) mass is 296 g/mol. The third-order valence-corrected chi connectivity index (χ3v) is 3.18. The van der Waals surface area contributed by atoms with Crippen molar-refractivity contribution in [3.8, 4) is 11.4 Å². The van der Waals surface area contributed by atoms with Gasteiger partial charge in [-0.25, -0.2) is 4.39 Å². The smallest absolute Gasteiger partial charge is 0.255 e. The lowest BCUT2D eigenvalue weighted by atomic mass is 10.1. The summed E-state index contributed by atoms with van der Waals surface area (Å²) in [7, 11) is 1.84. The molecule has 0 atom stereocenters. The predicted octanol–water partition coefficient (Wildman–Crippen LogP) is 2.87. The number of carbonyl (C=O) groups excluding carboxylic acids is 1. The van der Waals surface area contributed by atoms with Crippen LogP contribution in [-0.4, -0.2) is 20.7 Å². The number of nitrogens with zero attached hydrogens (tertiary/aromatic N) is 3. The fraction of sp³-hybridized carbons (Fsp3) is 0.0625. The van der Waals surface area contributed by atoms with Crippen LogP contribution in [-0.2, 0) is 7.05 Å². The van der Waals surface area contributed by atoms with E-state index in [1.165, 1.54) is 18.2 Å². The number of halogens is 1. The molecule has 0 aliphatic rings. The van der Waals surface area contributed by atoms with Crippen molar-refractivity contribution in [3.63, 3.8) is 0 Å². The summed E-state index contributed by atoms with van der Waals surface area (Å²) < 4.78 is 14.9. The molecule has 110 valence electrons. The largest absolute Gasteiger partial charge is 0.322 e. The number of aromatic nitrogens is 3. The Kier molecular flexibility index (Phi) is 3.65. The first kappa shape index (κ1) is 13.9. The van der Waals surface area contributed by atoms with Gasteiger partial charge in [-0.15, -0.1) is 10.2 Å². The molecule has 0 radical (unpaired) electrons. The molecule has 5 nitrogen and oxygen atoms in total. The van der Waals surface area contributed by atoms with Crippen molar-refractivity contribution >= 4 is 11.6 Å². The standard InChI is InChI=1S/C16H13FN4O/c1-21-10-18-20-15(21)11-4-3-7-14(9-11)19-16(22)12-5-2-6-13(17)8-12/h2-10H,1H3,(H,19,22). The number of rotatable bonds is 3. The lowest BCUT2D eigenvalue weighted by molar-refractivity contribution is 0.102. The Morgan fingerprint density at radius 2 is 2.00 bits per heavy atom. The number of amides is 1. The first-order valence-corrected chi connectivity index (χ1v) is 6.65. The number of anilines is 1. The minimum absolute atomic E-state index is 0.268. The number of benzene rings is 2. The highest BCUT2D eigenvalue weighted by molar-refractivity contribution is 6.04. The van der Waals surface area contributed by atoms with Gasteiger partial charge in [-0.2, -0.15) is 0 Å². The van der Waals surface area contributed by atoms with E-state index in [4.69, 9.17) is 0 Å². The maximum atomic E-state index is 13.2. The van der Waals surface area contributed by atoms with Gasteiger partial charge < -0.3 is 9.88 Å². The van der Waals surface area contributed by atoms with Crippen LogP contribution in [0.5, 0.6) is 0 Å². The molecule has 0 fully saturated rings. The summed E-state index contributed by atoms with van der Waals surface area (Å²) in [6.45, 7) is 0. The van der Waals surface area contributed by atoms with Crippen molar-refractivity contribution in [1.29, 1.82) is 0 Å². The zero-order valence-corrected chi connectivity index (χ0v) is 11.8. The van der Waals surface area contributed by atoms with Gasteiger partial charge in [0.25, 0.3) is 5.91 Å². The van der Waals surface area contributed by atoms with Gasteiger partial charge in [0.2, 0.25) is 0 Å². The van der Waals surface area contributed by atoms with E-state index in [0.717, 1.165) is 5.56 Å². The van der Waals surface area contributed by atoms with Gasteiger partial charge in [0.05, 0.1) is 0 Å². The van der Waals surface area contributed by atoms with Crippen LogP contribution < -0.4 is 5.32 Å². The molecular weight excluding hydrogens is 283 g/mol. The Morgan fingerprint density at radius 1 is 1.18 bits per heavy atom. The Bertz CT molecular complexity index is 828. The molecule has 0 saturated carbocycles. The summed E-state index contributed by atoms with van der Waals surface area (Å²) in [6, 6.07) is 12.8. The highest BCUT2D eigenvalue weighted by Gasteiger charge is 2.09. The number of carbonyl (C=O) groups is 1. The summed E-state index contributed by atoms with van der Waals surface area (Å²) in [5, 5.41) is 10.6. The second-order valence-corrected chi connectivity index (χ2v) is 4.81. The molecule has 1 N–H and O–H groups in total. The van der Waals surface area contributed by atoms with E-state index in [1.807, 2.05) is 19.2 Å². The Hall–Kier alpha value is -3.02. The maximum absolute atomic E-state index is 13.2. The third kappa shape index (κ3) is 2.85. The zero-order chi connectivity index (χ0) is 15.5. The van der Waals surface area contributed by atoms with Crippen LogP contribution in [0.25, 0.3) is 11.4 Å². The van der Waals surface area contributed by atoms with Crippen molar-refractivity contribution in [2.45, 2.75) is 0 Å². The molecular formula is C16H13FN4O. The summed E-state index contributed by atoms with van der Waals surface area (Å²) in [5.74, 6) is -0.114. The van der Waals surface area contributed by atoms with Crippen LogP contribution in [0.1, 0.15) is 10.4 Å². The minimum atomic E-state index is -0.444. The summed E-state index contributed by atoms with van der Waals surface area (Å²) >= 11 is 0. The first-order valence-electron chi connectivity index (χ1n) is 6.65. The van der Waals surface area contributed by atoms with Crippen LogP contribution in [0, 0.1) is 5.82 Å². The van der Waals surface area contributed by atoms with Gasteiger partial charge >= 0.3 is 0 Å². The first-order chi connectivity index (χ1) is 10.6. The van der Waals surface area contributed by atoms with Crippen LogP contribution in [0.3, 0.4) is 0 Å². The van der Waals surface area contributed by atoms with E-state index in [1.54, 1.807) is 29.1 Å². The molecule has 0 aliphatic carbocycles. The molecule has 1 heterocycles. The van der Waals surface area contributed by atoms with Crippen molar-refractivity contribution in [3.05, 3.63) is 66.2 Å². The van der Waals surface area contributed by atoms with Gasteiger partial charge in [-0.1, -0.05) is 18.2 Å². The van der Waals surface area contributed by atoms with Gasteiger partial charge in [-0.05, 0) is 30.3 Å². The lowest BCUT2D eigenvalue weighted by Crippen LogP contribution is -2.12. The second kappa shape index (κ2) is 5.77. The van der Waals surface area contributed by atoms with Crippen LogP contribution >= 0.6 is 0 Å². The van der Waals surface area contributed by atoms with Gasteiger partial charge in [-0.3, -0.25) is 4.79 Å². The molecule has 0 spiro atoms. The quantitative estimate of drug-likeness (QED) is 0.808. The van der Waals surface area contributed by atoms with E-state index in [2.05, 4.69) is 15.5 Å². The highest BCUT2D eigenvalue weighted by atomic mass is 19.1. The molecule has 2 aromatic carbocycles. The average Bonchev–Trinajstić information content (AvgIpc) is 2.94. The van der Waals surface area contributed by atoms with E-state index >= 15 is 0 Å². The Morgan fingerprint density at radius 3 is 2.73 bits per heavy atom. The van der Waals surface area contributed by atoms with Crippen LogP contribution in [0.2, 0.25) is 0 Å². The van der Waals surface area contributed by atoms with Gasteiger partial charge in [0, 0.05) is 23.9 Å². The van der Waals surface area contributed by atoms with Crippen LogP contribution in [0.15, 0.2) is 54.9 Å². The molecule has 1 aromatic heterocycles. The number of aryl methyl sites for hydroxylation is 1. The number of nitrogens with one attached hydrogen (secondary N) is 1. The normalized spacial score (nSPS) is 10.5. The number of hydrogen-bond donors (Lipinski definition) is 1. The molecule has 3 rings (SSSR count). The third-order valence-electron chi connectivity index (χ3n) is 3.18. The topological polar surface area (TPSA) is 59.8 Å². The van der Waals surface area contributed by atoms with Gasteiger partial charge in [0.1, 0.15) is 12.1 Å². The molecule has 6 heteroatoms. The predicted molar refractivity (Wildman–Crippen MR) is 80.8 cm³/mol. The summed E-state index contributed by atoms with van der Waals surface area (Å²) in [6.07, 6.45) is 1.60. The molecule has 0 aliphatic heterocycles. The molecule has 1 amide bonds. The minimum Gasteiger partial charge on any atom is -0.322 e. The van der Waals surface area contributed by atoms with Crippen molar-refractivity contribution in [2.24, 2.45) is 7.05 Å². The Labute approximate surface area is 126 Å². The second-order valence-electron chi connectivity index (χ2n) is 4.81. The van der Waals surface area contributed by atoms with E-state index in [-0.39, 0.29) is 11.5 Å².